The van der Waals surface area contributed by atoms with Gasteiger partial charge in [0, 0.05) is 24.6 Å². The molecular formula is C15H14F3N3O2. The first-order chi connectivity index (χ1) is 10.8. The molecule has 1 heterocycles. The average molecular weight is 325 g/mol. The summed E-state index contributed by atoms with van der Waals surface area (Å²) in [5, 5.41) is 2.36. The number of hydrogen-bond acceptors (Lipinski definition) is 4. The second kappa shape index (κ2) is 6.74. The van der Waals surface area contributed by atoms with Crippen LogP contribution in [0, 0.1) is 6.92 Å². The molecule has 1 amide bonds. The van der Waals surface area contributed by atoms with E-state index in [0.717, 1.165) is 13.2 Å². The summed E-state index contributed by atoms with van der Waals surface area (Å²) < 4.78 is 44.2. The third kappa shape index (κ3) is 4.04. The van der Waals surface area contributed by atoms with Crippen LogP contribution in [0.3, 0.4) is 0 Å². The Morgan fingerprint density at radius 3 is 2.57 bits per heavy atom. The van der Waals surface area contributed by atoms with Gasteiger partial charge in [0.1, 0.15) is 0 Å². The quantitative estimate of drug-likeness (QED) is 0.938. The Labute approximate surface area is 130 Å². The maximum absolute atomic E-state index is 13.1. The van der Waals surface area contributed by atoms with Crippen LogP contribution in [0.15, 0.2) is 36.5 Å². The number of nitrogens with one attached hydrogen (secondary N) is 1. The number of amides is 1. The highest BCUT2D eigenvalue weighted by Crippen LogP contribution is 2.35. The maximum atomic E-state index is 13.1. The Hall–Kier alpha value is -2.48. The van der Waals surface area contributed by atoms with E-state index in [9.17, 15) is 18.0 Å². The highest BCUT2D eigenvalue weighted by atomic mass is 19.4. The zero-order valence-electron chi connectivity index (χ0n) is 12.4. The molecule has 0 spiro atoms. The number of halogens is 3. The van der Waals surface area contributed by atoms with E-state index in [4.69, 9.17) is 4.74 Å². The predicted molar refractivity (Wildman–Crippen MR) is 76.6 cm³/mol. The molecule has 0 saturated carbocycles. The Bertz CT molecular complexity index is 704. The second-order valence-electron chi connectivity index (χ2n) is 4.71. The van der Waals surface area contributed by atoms with Gasteiger partial charge in [0.2, 0.25) is 5.95 Å². The number of rotatable bonds is 4. The largest absolute Gasteiger partial charge is 0.416 e. The van der Waals surface area contributed by atoms with Crippen LogP contribution in [-0.4, -0.2) is 23.0 Å². The van der Waals surface area contributed by atoms with E-state index in [1.165, 1.54) is 24.4 Å². The van der Waals surface area contributed by atoms with Crippen LogP contribution < -0.4 is 5.32 Å². The van der Waals surface area contributed by atoms with Gasteiger partial charge in [-0.3, -0.25) is 10.1 Å². The topological polar surface area (TPSA) is 64.1 Å². The van der Waals surface area contributed by atoms with Crippen molar-refractivity contribution in [3.8, 4) is 0 Å². The Kier molecular flexibility index (Phi) is 4.95. The molecule has 8 heteroatoms. The molecule has 2 aromatic rings. The van der Waals surface area contributed by atoms with Crippen LogP contribution in [0.4, 0.5) is 19.1 Å². The SMILES string of the molecule is COC(C(=O)Nc1nccc(C)n1)c1ccccc1C(F)(F)F. The fourth-order valence-corrected chi connectivity index (χ4v) is 2.04. The average Bonchev–Trinajstić information content (AvgIpc) is 2.47. The minimum atomic E-state index is -4.59. The van der Waals surface area contributed by atoms with E-state index in [-0.39, 0.29) is 11.5 Å². The van der Waals surface area contributed by atoms with Crippen molar-refractivity contribution in [3.05, 3.63) is 53.3 Å². The third-order valence-electron chi connectivity index (χ3n) is 3.05. The first-order valence-corrected chi connectivity index (χ1v) is 6.62. The summed E-state index contributed by atoms with van der Waals surface area (Å²) in [6, 6.07) is 6.39. The van der Waals surface area contributed by atoms with Gasteiger partial charge in [-0.25, -0.2) is 9.97 Å². The molecular weight excluding hydrogens is 311 g/mol. The van der Waals surface area contributed by atoms with Gasteiger partial charge in [-0.1, -0.05) is 18.2 Å². The zero-order valence-corrected chi connectivity index (χ0v) is 12.4. The summed E-state index contributed by atoms with van der Waals surface area (Å²) in [5.41, 5.74) is -0.584. The lowest BCUT2D eigenvalue weighted by Crippen LogP contribution is -2.26. The van der Waals surface area contributed by atoms with Crippen LogP contribution in [0.5, 0.6) is 0 Å². The summed E-state index contributed by atoms with van der Waals surface area (Å²) in [5.74, 6) is -0.781. The molecule has 1 atom stereocenters. The summed E-state index contributed by atoms with van der Waals surface area (Å²) >= 11 is 0. The maximum Gasteiger partial charge on any atom is 0.416 e. The summed E-state index contributed by atoms with van der Waals surface area (Å²) in [4.78, 5) is 20.1. The number of carbonyl (C=O) groups excluding carboxylic acids is 1. The second-order valence-corrected chi connectivity index (χ2v) is 4.71. The minimum Gasteiger partial charge on any atom is -0.367 e. The van der Waals surface area contributed by atoms with Crippen LogP contribution in [0.25, 0.3) is 0 Å². The highest BCUT2D eigenvalue weighted by Gasteiger charge is 2.37. The lowest BCUT2D eigenvalue weighted by molar-refractivity contribution is -0.140. The number of anilines is 1. The predicted octanol–water partition coefficient (Wildman–Crippen LogP) is 3.13. The first kappa shape index (κ1) is 16.9. The molecule has 0 bridgehead atoms. The monoisotopic (exact) mass is 325 g/mol. The van der Waals surface area contributed by atoms with Crippen molar-refractivity contribution < 1.29 is 22.7 Å². The number of nitrogens with zero attached hydrogens (tertiary/aromatic N) is 2. The number of aryl methyl sites for hydroxylation is 1. The first-order valence-electron chi connectivity index (χ1n) is 6.62. The fraction of sp³-hybridized carbons (Fsp3) is 0.267. The third-order valence-corrected chi connectivity index (χ3v) is 3.05. The standard InChI is InChI=1S/C15H14F3N3O2/c1-9-7-8-19-14(20-9)21-13(22)12(23-2)10-5-3-4-6-11(10)15(16,17)18/h3-8,12H,1-2H3,(H,19,20,21,22). The van der Waals surface area contributed by atoms with Crippen molar-refractivity contribution in [1.29, 1.82) is 0 Å². The summed E-state index contributed by atoms with van der Waals surface area (Å²) in [6.07, 6.45) is -4.59. The normalized spacial score (nSPS) is 12.7. The van der Waals surface area contributed by atoms with Crippen LogP contribution in [0.1, 0.15) is 22.9 Å². The van der Waals surface area contributed by atoms with Crippen LogP contribution >= 0.6 is 0 Å². The van der Waals surface area contributed by atoms with Gasteiger partial charge in [-0.2, -0.15) is 13.2 Å². The van der Waals surface area contributed by atoms with Crippen molar-refractivity contribution in [3.63, 3.8) is 0 Å². The highest BCUT2D eigenvalue weighted by molar-refractivity contribution is 5.93. The van der Waals surface area contributed by atoms with Gasteiger partial charge in [0.05, 0.1) is 5.56 Å². The van der Waals surface area contributed by atoms with Gasteiger partial charge >= 0.3 is 6.18 Å². The molecule has 23 heavy (non-hydrogen) atoms. The van der Waals surface area contributed by atoms with Gasteiger partial charge < -0.3 is 4.74 Å². The number of benzene rings is 1. The van der Waals surface area contributed by atoms with E-state index in [1.807, 2.05) is 0 Å². The van der Waals surface area contributed by atoms with Crippen molar-refractivity contribution in [1.82, 2.24) is 9.97 Å². The van der Waals surface area contributed by atoms with Crippen molar-refractivity contribution in [2.45, 2.75) is 19.2 Å². The lowest BCUT2D eigenvalue weighted by Gasteiger charge is -2.19. The Morgan fingerprint density at radius 1 is 1.26 bits per heavy atom. The number of methoxy groups -OCH3 is 1. The molecule has 5 nitrogen and oxygen atoms in total. The Balaban J connectivity index is 2.31. The van der Waals surface area contributed by atoms with E-state index in [0.29, 0.717) is 5.69 Å². The van der Waals surface area contributed by atoms with Crippen molar-refractivity contribution in [2.24, 2.45) is 0 Å². The molecule has 1 N–H and O–H groups in total. The van der Waals surface area contributed by atoms with E-state index < -0.39 is 23.8 Å². The lowest BCUT2D eigenvalue weighted by atomic mass is 10.0. The van der Waals surface area contributed by atoms with E-state index in [2.05, 4.69) is 15.3 Å². The van der Waals surface area contributed by atoms with Gasteiger partial charge in [-0.05, 0) is 19.1 Å². The molecule has 2 rings (SSSR count). The molecule has 0 aliphatic heterocycles. The van der Waals surface area contributed by atoms with Gasteiger partial charge in [0.15, 0.2) is 6.10 Å². The van der Waals surface area contributed by atoms with E-state index in [1.54, 1.807) is 13.0 Å². The summed E-state index contributed by atoms with van der Waals surface area (Å²) in [6.45, 7) is 1.70. The number of ether oxygens (including phenoxy) is 1. The molecule has 0 saturated heterocycles. The van der Waals surface area contributed by atoms with Crippen molar-refractivity contribution in [2.75, 3.05) is 12.4 Å². The Morgan fingerprint density at radius 2 is 1.96 bits per heavy atom. The summed E-state index contributed by atoms with van der Waals surface area (Å²) in [7, 11) is 1.16. The van der Waals surface area contributed by atoms with Crippen LogP contribution in [0.2, 0.25) is 0 Å². The molecule has 0 radical (unpaired) electrons. The number of alkyl halides is 3. The number of aromatic nitrogens is 2. The fourth-order valence-electron chi connectivity index (χ4n) is 2.04. The molecule has 0 aliphatic carbocycles. The molecule has 1 unspecified atom stereocenters. The molecule has 1 aromatic carbocycles. The molecule has 0 aliphatic rings. The van der Waals surface area contributed by atoms with Crippen molar-refractivity contribution >= 4 is 11.9 Å². The van der Waals surface area contributed by atoms with Gasteiger partial charge in [-0.15, -0.1) is 0 Å². The molecule has 122 valence electrons. The zero-order chi connectivity index (χ0) is 17.0. The minimum absolute atomic E-state index is 0.00143. The smallest absolute Gasteiger partial charge is 0.367 e. The number of hydrogen-bond donors (Lipinski definition) is 1. The van der Waals surface area contributed by atoms with Gasteiger partial charge in [0.25, 0.3) is 5.91 Å². The number of carbonyl (C=O) groups is 1. The van der Waals surface area contributed by atoms with E-state index >= 15 is 0 Å². The van der Waals surface area contributed by atoms with Crippen LogP contribution in [-0.2, 0) is 15.7 Å². The molecule has 1 aromatic heterocycles. The molecule has 0 fully saturated rings.